The molecule has 66 valence electrons. The van der Waals surface area contributed by atoms with Crippen molar-refractivity contribution >= 4 is 0 Å². The first-order valence-corrected chi connectivity index (χ1v) is 4.56. The SMILES string of the molecule is CC[C@@H](c1ccccc1)C(C)N. The van der Waals surface area contributed by atoms with Gasteiger partial charge in [0.05, 0.1) is 0 Å². The van der Waals surface area contributed by atoms with Crippen molar-refractivity contribution in [2.45, 2.75) is 32.2 Å². The van der Waals surface area contributed by atoms with Crippen LogP contribution in [0.2, 0.25) is 0 Å². The third-order valence-corrected chi connectivity index (χ3v) is 2.30. The van der Waals surface area contributed by atoms with Gasteiger partial charge in [0, 0.05) is 6.04 Å². The molecule has 0 bridgehead atoms. The maximum Gasteiger partial charge on any atom is 0.00792 e. The average Bonchev–Trinajstić information content (AvgIpc) is 2.07. The predicted octanol–water partition coefficient (Wildman–Crippen LogP) is 2.53. The second-order valence-electron chi connectivity index (χ2n) is 3.28. The van der Waals surface area contributed by atoms with Crippen LogP contribution < -0.4 is 5.73 Å². The van der Waals surface area contributed by atoms with Gasteiger partial charge in [-0.25, -0.2) is 0 Å². The van der Waals surface area contributed by atoms with Gasteiger partial charge in [0.25, 0.3) is 0 Å². The van der Waals surface area contributed by atoms with Gasteiger partial charge in [-0.3, -0.25) is 0 Å². The van der Waals surface area contributed by atoms with Crippen molar-refractivity contribution in [2.24, 2.45) is 5.73 Å². The van der Waals surface area contributed by atoms with Crippen LogP contribution in [0, 0.1) is 0 Å². The van der Waals surface area contributed by atoms with Crippen LogP contribution in [0.15, 0.2) is 30.3 Å². The number of hydrogen-bond acceptors (Lipinski definition) is 1. The summed E-state index contributed by atoms with van der Waals surface area (Å²) in [4.78, 5) is 0. The van der Waals surface area contributed by atoms with Crippen LogP contribution in [-0.2, 0) is 0 Å². The molecule has 2 N–H and O–H groups in total. The van der Waals surface area contributed by atoms with E-state index in [0.717, 1.165) is 6.42 Å². The van der Waals surface area contributed by atoms with E-state index in [0.29, 0.717) is 5.92 Å². The highest BCUT2D eigenvalue weighted by Crippen LogP contribution is 2.21. The zero-order valence-electron chi connectivity index (χ0n) is 7.83. The number of nitrogens with two attached hydrogens (primary N) is 1. The summed E-state index contributed by atoms with van der Waals surface area (Å²) in [6.07, 6.45) is 1.11. The molecule has 1 heteroatoms. The van der Waals surface area contributed by atoms with Gasteiger partial charge in [-0.05, 0) is 24.8 Å². The lowest BCUT2D eigenvalue weighted by molar-refractivity contribution is 0.553. The van der Waals surface area contributed by atoms with Gasteiger partial charge in [-0.2, -0.15) is 0 Å². The Balaban J connectivity index is 2.80. The van der Waals surface area contributed by atoms with Crippen molar-refractivity contribution in [2.75, 3.05) is 0 Å². The molecule has 1 aromatic rings. The van der Waals surface area contributed by atoms with Crippen LogP contribution in [0.1, 0.15) is 31.7 Å². The Morgan fingerprint density at radius 1 is 1.25 bits per heavy atom. The molecule has 0 aliphatic heterocycles. The third kappa shape index (κ3) is 2.08. The summed E-state index contributed by atoms with van der Waals surface area (Å²) in [7, 11) is 0. The molecule has 12 heavy (non-hydrogen) atoms. The van der Waals surface area contributed by atoms with E-state index in [1.165, 1.54) is 5.56 Å². The first-order chi connectivity index (χ1) is 5.75. The van der Waals surface area contributed by atoms with E-state index in [4.69, 9.17) is 5.73 Å². The lowest BCUT2D eigenvalue weighted by atomic mass is 9.91. The van der Waals surface area contributed by atoms with E-state index in [1.54, 1.807) is 0 Å². The van der Waals surface area contributed by atoms with Crippen molar-refractivity contribution in [3.05, 3.63) is 35.9 Å². The molecular formula is C11H17N. The lowest BCUT2D eigenvalue weighted by Crippen LogP contribution is -2.24. The van der Waals surface area contributed by atoms with E-state index >= 15 is 0 Å². The molecular weight excluding hydrogens is 146 g/mol. The van der Waals surface area contributed by atoms with E-state index in [-0.39, 0.29) is 6.04 Å². The first-order valence-electron chi connectivity index (χ1n) is 4.56. The predicted molar refractivity (Wildman–Crippen MR) is 53.1 cm³/mol. The van der Waals surface area contributed by atoms with Crippen LogP contribution in [0.3, 0.4) is 0 Å². The molecule has 1 nitrogen and oxygen atoms in total. The minimum absolute atomic E-state index is 0.248. The van der Waals surface area contributed by atoms with Gasteiger partial charge in [0.1, 0.15) is 0 Å². The normalized spacial score (nSPS) is 15.6. The summed E-state index contributed by atoms with van der Waals surface area (Å²) in [6.45, 7) is 4.25. The van der Waals surface area contributed by atoms with Crippen LogP contribution >= 0.6 is 0 Å². The fraction of sp³-hybridized carbons (Fsp3) is 0.455. The minimum atomic E-state index is 0.248. The molecule has 0 aliphatic rings. The van der Waals surface area contributed by atoms with Crippen LogP contribution in [0.5, 0.6) is 0 Å². The lowest BCUT2D eigenvalue weighted by Gasteiger charge is -2.18. The number of hydrogen-bond donors (Lipinski definition) is 1. The summed E-state index contributed by atoms with van der Waals surface area (Å²) in [5, 5.41) is 0. The summed E-state index contributed by atoms with van der Waals surface area (Å²) < 4.78 is 0. The smallest absolute Gasteiger partial charge is 0.00792 e. The Labute approximate surface area is 74.6 Å². The zero-order chi connectivity index (χ0) is 8.97. The van der Waals surface area contributed by atoms with Crippen molar-refractivity contribution < 1.29 is 0 Å². The second kappa shape index (κ2) is 4.27. The largest absolute Gasteiger partial charge is 0.327 e. The van der Waals surface area contributed by atoms with Gasteiger partial charge < -0.3 is 5.73 Å². The Bertz CT molecular complexity index is 216. The monoisotopic (exact) mass is 163 g/mol. The molecule has 0 aromatic heterocycles. The number of benzene rings is 1. The quantitative estimate of drug-likeness (QED) is 0.728. The molecule has 0 aliphatic carbocycles. The standard InChI is InChI=1S/C11H17N/c1-3-11(9(2)12)10-7-5-4-6-8-10/h4-9,11H,3,12H2,1-2H3/t9?,11-/m1/s1. The minimum Gasteiger partial charge on any atom is -0.327 e. The van der Waals surface area contributed by atoms with Crippen molar-refractivity contribution in [1.29, 1.82) is 0 Å². The number of rotatable bonds is 3. The van der Waals surface area contributed by atoms with Crippen LogP contribution in [0.4, 0.5) is 0 Å². The first kappa shape index (κ1) is 9.27. The van der Waals surface area contributed by atoms with Crippen LogP contribution in [-0.4, -0.2) is 6.04 Å². The van der Waals surface area contributed by atoms with Gasteiger partial charge in [-0.1, -0.05) is 37.3 Å². The maximum atomic E-state index is 5.88. The van der Waals surface area contributed by atoms with E-state index in [9.17, 15) is 0 Å². The van der Waals surface area contributed by atoms with Crippen molar-refractivity contribution in [3.8, 4) is 0 Å². The summed E-state index contributed by atoms with van der Waals surface area (Å²) in [6, 6.07) is 10.7. The van der Waals surface area contributed by atoms with E-state index in [1.807, 2.05) is 6.07 Å². The Morgan fingerprint density at radius 3 is 2.25 bits per heavy atom. The highest BCUT2D eigenvalue weighted by Gasteiger charge is 2.12. The molecule has 0 saturated heterocycles. The Hall–Kier alpha value is -0.820. The summed E-state index contributed by atoms with van der Waals surface area (Å²) in [5.41, 5.74) is 7.24. The topological polar surface area (TPSA) is 26.0 Å². The third-order valence-electron chi connectivity index (χ3n) is 2.30. The average molecular weight is 163 g/mol. The van der Waals surface area contributed by atoms with Gasteiger partial charge in [0.2, 0.25) is 0 Å². The molecule has 0 fully saturated rings. The van der Waals surface area contributed by atoms with Crippen molar-refractivity contribution in [1.82, 2.24) is 0 Å². The highest BCUT2D eigenvalue weighted by atomic mass is 14.6. The molecule has 0 spiro atoms. The Morgan fingerprint density at radius 2 is 1.83 bits per heavy atom. The fourth-order valence-electron chi connectivity index (χ4n) is 1.61. The Kier molecular flexibility index (Phi) is 3.30. The van der Waals surface area contributed by atoms with E-state index in [2.05, 4.69) is 38.1 Å². The maximum absolute atomic E-state index is 5.88. The molecule has 0 radical (unpaired) electrons. The molecule has 1 unspecified atom stereocenters. The van der Waals surface area contributed by atoms with Crippen LogP contribution in [0.25, 0.3) is 0 Å². The van der Waals surface area contributed by atoms with E-state index < -0.39 is 0 Å². The van der Waals surface area contributed by atoms with Gasteiger partial charge in [-0.15, -0.1) is 0 Å². The van der Waals surface area contributed by atoms with Gasteiger partial charge >= 0.3 is 0 Å². The van der Waals surface area contributed by atoms with Gasteiger partial charge in [0.15, 0.2) is 0 Å². The highest BCUT2D eigenvalue weighted by molar-refractivity contribution is 5.20. The molecule has 1 aromatic carbocycles. The molecule has 2 atom stereocenters. The second-order valence-corrected chi connectivity index (χ2v) is 3.28. The summed E-state index contributed by atoms with van der Waals surface area (Å²) in [5.74, 6) is 0.506. The molecule has 0 amide bonds. The van der Waals surface area contributed by atoms with Crippen molar-refractivity contribution in [3.63, 3.8) is 0 Å². The summed E-state index contributed by atoms with van der Waals surface area (Å²) >= 11 is 0. The molecule has 0 saturated carbocycles. The zero-order valence-corrected chi connectivity index (χ0v) is 7.83. The molecule has 0 heterocycles. The fourth-order valence-corrected chi connectivity index (χ4v) is 1.61. The molecule has 1 rings (SSSR count).